The van der Waals surface area contributed by atoms with Gasteiger partial charge in [0.2, 0.25) is 0 Å². The molecule has 0 aromatic heterocycles. The summed E-state index contributed by atoms with van der Waals surface area (Å²) in [5, 5.41) is 8.98. The van der Waals surface area contributed by atoms with E-state index in [1.807, 2.05) is 0 Å². The van der Waals surface area contributed by atoms with E-state index < -0.39 is 36.5 Å². The molecular formula is C11H14O6S2. The van der Waals surface area contributed by atoms with Crippen molar-refractivity contribution < 1.29 is 26.7 Å². The summed E-state index contributed by atoms with van der Waals surface area (Å²) in [4.78, 5) is 10.2. The third-order valence-electron chi connectivity index (χ3n) is 2.62. The van der Waals surface area contributed by atoms with Crippen molar-refractivity contribution in [3.8, 4) is 0 Å². The lowest BCUT2D eigenvalue weighted by molar-refractivity contribution is -0.138. The first-order valence-corrected chi connectivity index (χ1v) is 9.00. The van der Waals surface area contributed by atoms with Gasteiger partial charge in [-0.1, -0.05) is 12.1 Å². The van der Waals surface area contributed by atoms with Crippen LogP contribution in [0.3, 0.4) is 0 Å². The number of aliphatic carboxylic acids is 1. The molecule has 0 heterocycles. The van der Waals surface area contributed by atoms with Crippen LogP contribution < -0.4 is 0 Å². The summed E-state index contributed by atoms with van der Waals surface area (Å²) in [6.45, 7) is 1.30. The maximum Gasteiger partial charge on any atom is 0.310 e. The zero-order valence-electron chi connectivity index (χ0n) is 10.6. The van der Waals surface area contributed by atoms with E-state index >= 15 is 0 Å². The van der Waals surface area contributed by atoms with Crippen molar-refractivity contribution in [1.82, 2.24) is 0 Å². The Kier molecular flexibility index (Phi) is 4.06. The number of rotatable bonds is 4. The number of sulfone groups is 2. The maximum absolute atomic E-state index is 11.8. The van der Waals surface area contributed by atoms with E-state index in [1.54, 1.807) is 0 Å². The topological polar surface area (TPSA) is 106 Å². The molecule has 1 aromatic carbocycles. The van der Waals surface area contributed by atoms with Crippen LogP contribution in [-0.4, -0.2) is 40.4 Å². The molecule has 0 bridgehead atoms. The molecule has 8 heteroatoms. The van der Waals surface area contributed by atoms with Crippen molar-refractivity contribution in [2.24, 2.45) is 0 Å². The average molecular weight is 306 g/mol. The quantitative estimate of drug-likeness (QED) is 0.877. The Morgan fingerprint density at radius 3 is 2.00 bits per heavy atom. The van der Waals surface area contributed by atoms with Crippen LogP contribution in [0.4, 0.5) is 0 Å². The third-order valence-corrected chi connectivity index (χ3v) is 5.08. The average Bonchev–Trinajstić information content (AvgIpc) is 2.24. The lowest BCUT2D eigenvalue weighted by atomic mass is 10.0. The molecule has 0 aliphatic heterocycles. The molecule has 0 spiro atoms. The van der Waals surface area contributed by atoms with Gasteiger partial charge in [-0.2, -0.15) is 0 Å². The van der Waals surface area contributed by atoms with Gasteiger partial charge in [0.05, 0.1) is 15.7 Å². The molecule has 0 aliphatic rings. The Labute approximate surface area is 111 Å². The molecule has 0 amide bonds. The molecule has 1 rings (SSSR count). The number of carboxylic acid groups (broad SMARTS) is 1. The summed E-state index contributed by atoms with van der Waals surface area (Å²) in [7, 11) is -7.64. The predicted molar refractivity (Wildman–Crippen MR) is 68.7 cm³/mol. The maximum atomic E-state index is 11.8. The molecule has 1 aromatic rings. The zero-order valence-corrected chi connectivity index (χ0v) is 12.2. The van der Waals surface area contributed by atoms with E-state index in [4.69, 9.17) is 5.11 Å². The van der Waals surface area contributed by atoms with Crippen molar-refractivity contribution in [2.75, 3.05) is 12.5 Å². The van der Waals surface area contributed by atoms with Gasteiger partial charge in [0.25, 0.3) is 0 Å². The zero-order chi connectivity index (χ0) is 15.0. The SMILES string of the molecule is CC(C(=O)O)c1cccc(S(C)(=O)=O)c1S(C)(=O)=O. The Hall–Kier alpha value is -1.41. The molecule has 19 heavy (non-hydrogen) atoms. The third kappa shape index (κ3) is 3.32. The van der Waals surface area contributed by atoms with Gasteiger partial charge in [-0.3, -0.25) is 4.79 Å². The van der Waals surface area contributed by atoms with Gasteiger partial charge in [-0.15, -0.1) is 0 Å². The number of benzene rings is 1. The summed E-state index contributed by atoms with van der Waals surface area (Å²) >= 11 is 0. The molecule has 0 fully saturated rings. The first-order valence-electron chi connectivity index (χ1n) is 5.22. The molecular weight excluding hydrogens is 292 g/mol. The molecule has 0 radical (unpaired) electrons. The van der Waals surface area contributed by atoms with Crippen molar-refractivity contribution in [1.29, 1.82) is 0 Å². The van der Waals surface area contributed by atoms with Gasteiger partial charge >= 0.3 is 5.97 Å². The standard InChI is InChI=1S/C11H14O6S2/c1-7(11(12)13)8-5-4-6-9(18(2,14)15)10(8)19(3,16)17/h4-7H,1-3H3,(H,12,13). The van der Waals surface area contributed by atoms with Gasteiger partial charge in [-0.25, -0.2) is 16.8 Å². The van der Waals surface area contributed by atoms with E-state index in [1.165, 1.54) is 19.1 Å². The van der Waals surface area contributed by atoms with Crippen molar-refractivity contribution in [3.63, 3.8) is 0 Å². The summed E-state index contributed by atoms with van der Waals surface area (Å²) < 4.78 is 46.8. The summed E-state index contributed by atoms with van der Waals surface area (Å²) in [6, 6.07) is 3.80. The van der Waals surface area contributed by atoms with Crippen molar-refractivity contribution >= 4 is 25.6 Å². The molecule has 1 atom stereocenters. The second kappa shape index (κ2) is 4.93. The predicted octanol–water partition coefficient (Wildman–Crippen LogP) is 0.682. The van der Waals surface area contributed by atoms with Crippen LogP contribution >= 0.6 is 0 Å². The van der Waals surface area contributed by atoms with Gasteiger partial charge in [-0.05, 0) is 18.6 Å². The fraction of sp³-hybridized carbons (Fsp3) is 0.364. The van der Waals surface area contributed by atoms with E-state index in [-0.39, 0.29) is 10.5 Å². The van der Waals surface area contributed by atoms with Gasteiger partial charge < -0.3 is 5.11 Å². The Morgan fingerprint density at radius 2 is 1.63 bits per heavy atom. The Morgan fingerprint density at radius 1 is 1.11 bits per heavy atom. The number of hydrogen-bond acceptors (Lipinski definition) is 5. The second-order valence-corrected chi connectivity index (χ2v) is 8.22. The van der Waals surface area contributed by atoms with Crippen LogP contribution in [-0.2, 0) is 24.5 Å². The van der Waals surface area contributed by atoms with Crippen LogP contribution in [0.2, 0.25) is 0 Å². The fourth-order valence-corrected chi connectivity index (χ4v) is 4.49. The van der Waals surface area contributed by atoms with E-state index in [2.05, 4.69) is 0 Å². The highest BCUT2D eigenvalue weighted by Gasteiger charge is 2.28. The van der Waals surface area contributed by atoms with E-state index in [0.29, 0.717) is 0 Å². The number of carboxylic acids is 1. The highest BCUT2D eigenvalue weighted by Crippen LogP contribution is 2.30. The lowest BCUT2D eigenvalue weighted by Gasteiger charge is -2.15. The van der Waals surface area contributed by atoms with Crippen LogP contribution in [0.1, 0.15) is 18.4 Å². The highest BCUT2D eigenvalue weighted by atomic mass is 32.2. The summed E-state index contributed by atoms with van der Waals surface area (Å²) in [5.74, 6) is -2.35. The van der Waals surface area contributed by atoms with Gasteiger partial charge in [0, 0.05) is 12.5 Å². The minimum atomic E-state index is -3.87. The lowest BCUT2D eigenvalue weighted by Crippen LogP contribution is -2.16. The second-order valence-electron chi connectivity index (χ2n) is 4.28. The molecule has 1 N–H and O–H groups in total. The summed E-state index contributed by atoms with van der Waals surface area (Å²) in [5.41, 5.74) is -0.0297. The monoisotopic (exact) mass is 306 g/mol. The van der Waals surface area contributed by atoms with Gasteiger partial charge in [0.15, 0.2) is 19.7 Å². The first kappa shape index (κ1) is 15.6. The van der Waals surface area contributed by atoms with Crippen LogP contribution in [0, 0.1) is 0 Å². The number of carbonyl (C=O) groups is 1. The van der Waals surface area contributed by atoms with Crippen molar-refractivity contribution in [2.45, 2.75) is 22.6 Å². The van der Waals surface area contributed by atoms with E-state index in [9.17, 15) is 21.6 Å². The Bertz CT molecular complexity index is 716. The van der Waals surface area contributed by atoms with Crippen LogP contribution in [0.5, 0.6) is 0 Å². The Balaban J connectivity index is 3.83. The first-order chi connectivity index (χ1) is 8.46. The summed E-state index contributed by atoms with van der Waals surface area (Å²) in [6.07, 6.45) is 1.74. The normalized spacial score (nSPS) is 14.1. The van der Waals surface area contributed by atoms with Crippen molar-refractivity contribution in [3.05, 3.63) is 23.8 Å². The highest BCUT2D eigenvalue weighted by molar-refractivity contribution is 7.93. The van der Waals surface area contributed by atoms with Crippen LogP contribution in [0.25, 0.3) is 0 Å². The van der Waals surface area contributed by atoms with Gasteiger partial charge in [0.1, 0.15) is 0 Å². The molecule has 0 saturated heterocycles. The van der Waals surface area contributed by atoms with Crippen LogP contribution in [0.15, 0.2) is 28.0 Å². The largest absolute Gasteiger partial charge is 0.481 e. The molecule has 0 aliphatic carbocycles. The minimum absolute atomic E-state index is 0.0297. The molecule has 6 nitrogen and oxygen atoms in total. The van der Waals surface area contributed by atoms with E-state index in [0.717, 1.165) is 18.6 Å². The molecule has 0 saturated carbocycles. The smallest absolute Gasteiger partial charge is 0.310 e. The number of hydrogen-bond donors (Lipinski definition) is 1. The fourth-order valence-electron chi connectivity index (χ4n) is 1.70. The minimum Gasteiger partial charge on any atom is -0.481 e. The molecule has 106 valence electrons. The molecule has 1 unspecified atom stereocenters.